The van der Waals surface area contributed by atoms with Gasteiger partial charge in [-0.1, -0.05) is 25.6 Å². The van der Waals surface area contributed by atoms with Gasteiger partial charge >= 0.3 is 0 Å². The first-order valence-corrected chi connectivity index (χ1v) is 10.2. The summed E-state index contributed by atoms with van der Waals surface area (Å²) in [7, 11) is 1.64. The number of rotatable bonds is 7. The Balaban J connectivity index is 1.53. The molecule has 1 aromatic heterocycles. The first kappa shape index (κ1) is 19.7. The van der Waals surface area contributed by atoms with Gasteiger partial charge in [0.15, 0.2) is 5.16 Å². The first-order chi connectivity index (χ1) is 13.1. The Morgan fingerprint density at radius 1 is 1.19 bits per heavy atom. The second kappa shape index (κ2) is 9.23. The summed E-state index contributed by atoms with van der Waals surface area (Å²) < 4.78 is 7.08. The van der Waals surface area contributed by atoms with Gasteiger partial charge in [0.05, 0.1) is 12.9 Å². The molecule has 0 bridgehead atoms. The number of amides is 1. The summed E-state index contributed by atoms with van der Waals surface area (Å²) in [6.45, 7) is 9.07. The second-order valence-corrected chi connectivity index (χ2v) is 7.99. The van der Waals surface area contributed by atoms with Gasteiger partial charge in [-0.3, -0.25) is 14.3 Å². The van der Waals surface area contributed by atoms with Crippen LogP contribution in [-0.2, 0) is 4.79 Å². The number of nitrogens with zero attached hydrogens (tertiary/aromatic N) is 5. The van der Waals surface area contributed by atoms with E-state index in [1.165, 1.54) is 11.8 Å². The van der Waals surface area contributed by atoms with E-state index in [0.29, 0.717) is 16.8 Å². The summed E-state index contributed by atoms with van der Waals surface area (Å²) in [6.07, 6.45) is 1.67. The first-order valence-electron chi connectivity index (χ1n) is 9.24. The van der Waals surface area contributed by atoms with Gasteiger partial charge in [-0.15, -0.1) is 10.2 Å². The van der Waals surface area contributed by atoms with E-state index < -0.39 is 0 Å². The molecule has 1 aliphatic rings. The van der Waals surface area contributed by atoms with E-state index in [9.17, 15) is 4.79 Å². The van der Waals surface area contributed by atoms with Crippen molar-refractivity contribution >= 4 is 17.7 Å². The highest BCUT2D eigenvalue weighted by atomic mass is 32.2. The van der Waals surface area contributed by atoms with E-state index in [1.807, 2.05) is 33.7 Å². The molecule has 1 aliphatic heterocycles. The third-order valence-corrected chi connectivity index (χ3v) is 5.47. The Hall–Kier alpha value is -2.06. The number of piperazine rings is 1. The van der Waals surface area contributed by atoms with Gasteiger partial charge in [-0.2, -0.15) is 0 Å². The lowest BCUT2D eigenvalue weighted by Gasteiger charge is -2.35. The summed E-state index contributed by atoms with van der Waals surface area (Å²) >= 11 is 1.42. The predicted molar refractivity (Wildman–Crippen MR) is 106 cm³/mol. The molecule has 7 nitrogen and oxygen atoms in total. The number of thioether (sulfide) groups is 1. The van der Waals surface area contributed by atoms with Crippen molar-refractivity contribution in [3.05, 3.63) is 30.6 Å². The van der Waals surface area contributed by atoms with Crippen LogP contribution in [0.5, 0.6) is 5.75 Å². The lowest BCUT2D eigenvalue weighted by Crippen LogP contribution is -2.50. The fraction of sp³-hybridized carbons (Fsp3) is 0.526. The zero-order valence-corrected chi connectivity index (χ0v) is 17.0. The van der Waals surface area contributed by atoms with Crippen molar-refractivity contribution in [2.75, 3.05) is 45.6 Å². The van der Waals surface area contributed by atoms with Crippen molar-refractivity contribution < 1.29 is 9.53 Å². The quantitative estimate of drug-likeness (QED) is 0.677. The van der Waals surface area contributed by atoms with Crippen LogP contribution in [0.25, 0.3) is 5.69 Å². The minimum absolute atomic E-state index is 0.161. The van der Waals surface area contributed by atoms with Gasteiger partial charge in [0.1, 0.15) is 12.1 Å². The number of aromatic nitrogens is 3. The number of hydrogen-bond donors (Lipinski definition) is 0. The van der Waals surface area contributed by atoms with Gasteiger partial charge in [-0.25, -0.2) is 0 Å². The summed E-state index contributed by atoms with van der Waals surface area (Å²) in [5, 5.41) is 8.88. The molecule has 3 rings (SSSR count). The van der Waals surface area contributed by atoms with E-state index in [1.54, 1.807) is 13.4 Å². The maximum Gasteiger partial charge on any atom is 0.233 e. The molecule has 1 fully saturated rings. The van der Waals surface area contributed by atoms with E-state index in [4.69, 9.17) is 4.74 Å². The van der Waals surface area contributed by atoms with Crippen LogP contribution < -0.4 is 4.74 Å². The van der Waals surface area contributed by atoms with Crippen molar-refractivity contribution in [2.24, 2.45) is 5.92 Å². The van der Waals surface area contributed by atoms with Crippen LogP contribution in [-0.4, -0.2) is 76.1 Å². The van der Waals surface area contributed by atoms with Crippen LogP contribution in [0.15, 0.2) is 35.7 Å². The summed E-state index contributed by atoms with van der Waals surface area (Å²) in [4.78, 5) is 17.0. The van der Waals surface area contributed by atoms with Crippen molar-refractivity contribution in [1.29, 1.82) is 0 Å². The average Bonchev–Trinajstić information content (AvgIpc) is 3.15. The maximum absolute atomic E-state index is 12.6. The minimum Gasteiger partial charge on any atom is -0.497 e. The molecule has 0 aliphatic carbocycles. The number of carbonyl (C=O) groups excluding carboxylic acids is 1. The number of benzene rings is 1. The number of ether oxygens (including phenoxy) is 1. The lowest BCUT2D eigenvalue weighted by molar-refractivity contribution is -0.130. The van der Waals surface area contributed by atoms with Crippen molar-refractivity contribution in [2.45, 2.75) is 19.0 Å². The predicted octanol–water partition coefficient (Wildman–Crippen LogP) is 2.17. The van der Waals surface area contributed by atoms with Crippen molar-refractivity contribution in [3.8, 4) is 11.4 Å². The van der Waals surface area contributed by atoms with Gasteiger partial charge in [-0.05, 0) is 30.2 Å². The Morgan fingerprint density at radius 2 is 1.89 bits per heavy atom. The summed E-state index contributed by atoms with van der Waals surface area (Å²) in [6, 6.07) is 7.68. The highest BCUT2D eigenvalue weighted by molar-refractivity contribution is 7.99. The van der Waals surface area contributed by atoms with Crippen molar-refractivity contribution in [1.82, 2.24) is 24.6 Å². The molecule has 8 heteroatoms. The highest BCUT2D eigenvalue weighted by Gasteiger charge is 2.22. The molecule has 0 radical (unpaired) electrons. The largest absolute Gasteiger partial charge is 0.497 e. The molecular weight excluding hydrogens is 362 g/mol. The molecule has 1 amide bonds. The molecule has 0 unspecified atom stereocenters. The topological polar surface area (TPSA) is 63.5 Å². The third-order valence-electron chi connectivity index (χ3n) is 4.54. The third kappa shape index (κ3) is 5.23. The Morgan fingerprint density at radius 3 is 2.52 bits per heavy atom. The summed E-state index contributed by atoms with van der Waals surface area (Å²) in [5.74, 6) is 1.99. The van der Waals surface area contributed by atoms with E-state index >= 15 is 0 Å². The number of carbonyl (C=O) groups is 1. The fourth-order valence-electron chi connectivity index (χ4n) is 3.16. The smallest absolute Gasteiger partial charge is 0.233 e. The van der Waals surface area contributed by atoms with Crippen LogP contribution in [0, 0.1) is 5.92 Å². The molecule has 146 valence electrons. The van der Waals surface area contributed by atoms with Crippen LogP contribution in [0.2, 0.25) is 0 Å². The fourth-order valence-corrected chi connectivity index (χ4v) is 3.99. The van der Waals surface area contributed by atoms with Crippen molar-refractivity contribution in [3.63, 3.8) is 0 Å². The average molecular weight is 390 g/mol. The van der Waals surface area contributed by atoms with E-state index in [0.717, 1.165) is 44.2 Å². The van der Waals surface area contributed by atoms with Gasteiger partial charge in [0.25, 0.3) is 0 Å². The summed E-state index contributed by atoms with van der Waals surface area (Å²) in [5.41, 5.74) is 0.943. The van der Waals surface area contributed by atoms with Gasteiger partial charge < -0.3 is 9.64 Å². The standard InChI is InChI=1S/C19H27N5O2S/c1-15(2)12-22-8-10-23(11-9-22)18(25)13-27-19-21-20-14-24(19)16-4-6-17(26-3)7-5-16/h4-7,14-15H,8-13H2,1-3H3. The Labute approximate surface area is 164 Å². The van der Waals surface area contributed by atoms with E-state index in [2.05, 4.69) is 28.9 Å². The Kier molecular flexibility index (Phi) is 6.73. The van der Waals surface area contributed by atoms with Gasteiger partial charge in [0.2, 0.25) is 5.91 Å². The second-order valence-electron chi connectivity index (χ2n) is 7.05. The monoisotopic (exact) mass is 389 g/mol. The molecule has 27 heavy (non-hydrogen) atoms. The van der Waals surface area contributed by atoms with Crippen LogP contribution in [0.4, 0.5) is 0 Å². The van der Waals surface area contributed by atoms with Crippen LogP contribution in [0.3, 0.4) is 0 Å². The number of hydrogen-bond acceptors (Lipinski definition) is 6. The molecule has 0 saturated carbocycles. The maximum atomic E-state index is 12.6. The Bertz CT molecular complexity index is 739. The molecule has 0 spiro atoms. The molecule has 0 N–H and O–H groups in total. The van der Waals surface area contributed by atoms with E-state index in [-0.39, 0.29) is 5.91 Å². The molecular formula is C19H27N5O2S. The SMILES string of the molecule is COc1ccc(-n2cnnc2SCC(=O)N2CCN(CC(C)C)CC2)cc1. The molecule has 0 atom stereocenters. The van der Waals surface area contributed by atoms with Gasteiger partial charge in [0, 0.05) is 38.4 Å². The molecule has 1 saturated heterocycles. The zero-order valence-electron chi connectivity index (χ0n) is 16.2. The normalized spacial score (nSPS) is 15.3. The highest BCUT2D eigenvalue weighted by Crippen LogP contribution is 2.22. The number of methoxy groups -OCH3 is 1. The lowest BCUT2D eigenvalue weighted by atomic mass is 10.2. The molecule has 1 aromatic carbocycles. The van der Waals surface area contributed by atoms with Crippen LogP contribution >= 0.6 is 11.8 Å². The zero-order chi connectivity index (χ0) is 19.2. The molecule has 2 heterocycles. The minimum atomic E-state index is 0.161. The van der Waals surface area contributed by atoms with Crippen LogP contribution in [0.1, 0.15) is 13.8 Å². The molecule has 2 aromatic rings.